The summed E-state index contributed by atoms with van der Waals surface area (Å²) in [6.45, 7) is 5.37. The van der Waals surface area contributed by atoms with Gasteiger partial charge in [0, 0.05) is 26.1 Å². The highest BCUT2D eigenvalue weighted by Gasteiger charge is 2.26. The summed E-state index contributed by atoms with van der Waals surface area (Å²) in [5, 5.41) is 14.5. The van der Waals surface area contributed by atoms with Gasteiger partial charge in [-0.05, 0) is 49.2 Å². The lowest BCUT2D eigenvalue weighted by Crippen LogP contribution is -2.39. The molecule has 1 aliphatic rings. The molecule has 162 valence electrons. The van der Waals surface area contributed by atoms with Crippen molar-refractivity contribution in [1.82, 2.24) is 4.90 Å². The third-order valence-electron chi connectivity index (χ3n) is 4.76. The highest BCUT2D eigenvalue weighted by Crippen LogP contribution is 2.19. The summed E-state index contributed by atoms with van der Waals surface area (Å²) in [6, 6.07) is 12.6. The van der Waals surface area contributed by atoms with E-state index in [1.165, 1.54) is 24.3 Å². The topological polar surface area (TPSA) is 54.3 Å². The molecule has 30 heavy (non-hydrogen) atoms. The Morgan fingerprint density at radius 3 is 2.63 bits per heavy atom. The van der Waals surface area contributed by atoms with Crippen molar-refractivity contribution in [2.45, 2.75) is 45.1 Å². The van der Waals surface area contributed by atoms with Crippen molar-refractivity contribution < 1.29 is 23.5 Å². The molecular weight excluding hydrogens is 390 g/mol. The summed E-state index contributed by atoms with van der Waals surface area (Å²) >= 11 is 0. The minimum Gasteiger partial charge on any atom is -0.390 e. The van der Waals surface area contributed by atoms with Gasteiger partial charge in [-0.1, -0.05) is 29.4 Å². The molecular formula is C23H28F2N2O3. The number of benzene rings is 2. The largest absolute Gasteiger partial charge is 0.390 e. The fourth-order valence-electron chi connectivity index (χ4n) is 3.38. The van der Waals surface area contributed by atoms with Gasteiger partial charge in [-0.15, -0.1) is 0 Å². The fourth-order valence-corrected chi connectivity index (χ4v) is 3.38. The summed E-state index contributed by atoms with van der Waals surface area (Å²) in [4.78, 5) is 7.60. The molecule has 0 aliphatic carbocycles. The summed E-state index contributed by atoms with van der Waals surface area (Å²) < 4.78 is 32.3. The Bertz CT molecular complexity index is 843. The van der Waals surface area contributed by atoms with E-state index >= 15 is 0 Å². The van der Waals surface area contributed by atoms with Gasteiger partial charge in [0.25, 0.3) is 0 Å². The van der Waals surface area contributed by atoms with Crippen molar-refractivity contribution in [3.63, 3.8) is 0 Å². The van der Waals surface area contributed by atoms with E-state index in [2.05, 4.69) is 5.16 Å². The Balaban J connectivity index is 1.62. The molecule has 0 bridgehead atoms. The van der Waals surface area contributed by atoms with Gasteiger partial charge in [0.05, 0.1) is 24.5 Å². The van der Waals surface area contributed by atoms with Gasteiger partial charge in [-0.3, -0.25) is 4.90 Å². The number of aliphatic hydroxyl groups is 1. The lowest BCUT2D eigenvalue weighted by Gasteiger charge is -2.27. The molecule has 3 rings (SSSR count). The van der Waals surface area contributed by atoms with Crippen molar-refractivity contribution in [1.29, 1.82) is 0 Å². The fraction of sp³-hybridized carbons (Fsp3) is 0.435. The molecule has 5 nitrogen and oxygen atoms in total. The number of aliphatic hydroxyl groups excluding tert-OH is 1. The van der Waals surface area contributed by atoms with Gasteiger partial charge in [-0.2, -0.15) is 0 Å². The van der Waals surface area contributed by atoms with Crippen LogP contribution in [0.1, 0.15) is 31.4 Å². The van der Waals surface area contributed by atoms with E-state index in [-0.39, 0.29) is 30.4 Å². The SMILES string of the molecule is CC(C)OC[C@@H](O)CN(Cc1cccc(F)c1)C[C@@H]1CC(c2ccc(F)cc2)=NO1. The smallest absolute Gasteiger partial charge is 0.145 e. The van der Waals surface area contributed by atoms with Crippen LogP contribution in [0.5, 0.6) is 0 Å². The van der Waals surface area contributed by atoms with Gasteiger partial charge in [0.15, 0.2) is 0 Å². The van der Waals surface area contributed by atoms with Gasteiger partial charge < -0.3 is 14.7 Å². The van der Waals surface area contributed by atoms with Crippen molar-refractivity contribution in [2.75, 3.05) is 19.7 Å². The van der Waals surface area contributed by atoms with Crippen LogP contribution in [0.4, 0.5) is 8.78 Å². The Morgan fingerprint density at radius 2 is 1.93 bits per heavy atom. The van der Waals surface area contributed by atoms with Crippen LogP contribution in [-0.2, 0) is 16.1 Å². The normalized spacial score (nSPS) is 17.3. The Kier molecular flexibility index (Phi) is 7.90. The standard InChI is InChI=1S/C23H28F2N2O3/c1-16(2)29-15-21(28)13-27(12-17-4-3-5-20(25)10-17)14-22-11-23(26-30-22)18-6-8-19(24)9-7-18/h3-10,16,21-22,28H,11-15H2,1-2H3/t21-,22-/m0/s1. The van der Waals surface area contributed by atoms with Crippen LogP contribution < -0.4 is 0 Å². The number of hydrogen-bond donors (Lipinski definition) is 1. The van der Waals surface area contributed by atoms with E-state index < -0.39 is 6.10 Å². The zero-order chi connectivity index (χ0) is 21.5. The van der Waals surface area contributed by atoms with E-state index in [0.717, 1.165) is 16.8 Å². The zero-order valence-electron chi connectivity index (χ0n) is 17.3. The number of nitrogens with zero attached hydrogens (tertiary/aromatic N) is 2. The minimum absolute atomic E-state index is 0.0288. The Hall–Kier alpha value is -2.35. The number of ether oxygens (including phenoxy) is 1. The molecule has 0 amide bonds. The molecule has 2 atom stereocenters. The first-order valence-corrected chi connectivity index (χ1v) is 10.1. The van der Waals surface area contributed by atoms with Gasteiger partial charge >= 0.3 is 0 Å². The first-order chi connectivity index (χ1) is 14.4. The molecule has 0 aromatic heterocycles. The number of oxime groups is 1. The van der Waals surface area contributed by atoms with Gasteiger partial charge in [-0.25, -0.2) is 8.78 Å². The van der Waals surface area contributed by atoms with Crippen LogP contribution in [0.2, 0.25) is 0 Å². The molecule has 0 spiro atoms. The molecule has 0 saturated carbocycles. The number of rotatable bonds is 10. The monoisotopic (exact) mass is 418 g/mol. The molecule has 1 heterocycles. The summed E-state index contributed by atoms with van der Waals surface area (Å²) in [6.07, 6.45) is -0.290. The third-order valence-corrected chi connectivity index (χ3v) is 4.76. The van der Waals surface area contributed by atoms with Gasteiger partial charge in [0.1, 0.15) is 17.7 Å². The van der Waals surface area contributed by atoms with E-state index in [1.807, 2.05) is 24.8 Å². The Labute approximate surface area is 175 Å². The first-order valence-electron chi connectivity index (χ1n) is 10.1. The highest BCUT2D eigenvalue weighted by molar-refractivity contribution is 6.01. The zero-order valence-corrected chi connectivity index (χ0v) is 17.3. The lowest BCUT2D eigenvalue weighted by molar-refractivity contribution is -0.0194. The average molecular weight is 418 g/mol. The molecule has 0 radical (unpaired) electrons. The second kappa shape index (κ2) is 10.6. The van der Waals surface area contributed by atoms with E-state index in [9.17, 15) is 13.9 Å². The van der Waals surface area contributed by atoms with E-state index in [1.54, 1.807) is 18.2 Å². The maximum Gasteiger partial charge on any atom is 0.145 e. The molecule has 2 aromatic rings. The van der Waals surface area contributed by atoms with Crippen molar-refractivity contribution in [3.05, 3.63) is 71.3 Å². The molecule has 1 aliphatic heterocycles. The maximum absolute atomic E-state index is 13.6. The Morgan fingerprint density at radius 1 is 1.17 bits per heavy atom. The number of hydrogen-bond acceptors (Lipinski definition) is 5. The molecule has 2 aromatic carbocycles. The molecule has 0 fully saturated rings. The van der Waals surface area contributed by atoms with E-state index in [0.29, 0.717) is 26.1 Å². The number of halogens is 2. The minimum atomic E-state index is -0.681. The molecule has 0 saturated heterocycles. The summed E-state index contributed by atoms with van der Waals surface area (Å²) in [7, 11) is 0. The quantitative estimate of drug-likeness (QED) is 0.639. The predicted octanol–water partition coefficient (Wildman–Crippen LogP) is 3.75. The van der Waals surface area contributed by atoms with Gasteiger partial charge in [0.2, 0.25) is 0 Å². The second-order valence-electron chi connectivity index (χ2n) is 7.84. The van der Waals surface area contributed by atoms with Crippen molar-refractivity contribution in [3.8, 4) is 0 Å². The summed E-state index contributed by atoms with van der Waals surface area (Å²) in [5.41, 5.74) is 2.39. The van der Waals surface area contributed by atoms with Crippen LogP contribution in [0, 0.1) is 11.6 Å². The summed E-state index contributed by atoms with van der Waals surface area (Å²) in [5.74, 6) is -0.594. The maximum atomic E-state index is 13.6. The van der Waals surface area contributed by atoms with Crippen LogP contribution in [0.15, 0.2) is 53.7 Å². The predicted molar refractivity (Wildman–Crippen MR) is 111 cm³/mol. The van der Waals surface area contributed by atoms with Crippen LogP contribution in [0.3, 0.4) is 0 Å². The van der Waals surface area contributed by atoms with E-state index in [4.69, 9.17) is 9.57 Å². The molecule has 1 N–H and O–H groups in total. The van der Waals surface area contributed by atoms with Crippen molar-refractivity contribution >= 4 is 5.71 Å². The average Bonchev–Trinajstić information content (AvgIpc) is 3.15. The van der Waals surface area contributed by atoms with Crippen LogP contribution in [-0.4, -0.2) is 53.7 Å². The molecule has 0 unspecified atom stereocenters. The second-order valence-corrected chi connectivity index (χ2v) is 7.84. The highest BCUT2D eigenvalue weighted by atomic mass is 19.1. The third kappa shape index (κ3) is 6.86. The first kappa shape index (κ1) is 22.3. The lowest BCUT2D eigenvalue weighted by atomic mass is 10.0. The van der Waals surface area contributed by atoms with Crippen molar-refractivity contribution in [2.24, 2.45) is 5.16 Å². The molecule has 7 heteroatoms. The van der Waals surface area contributed by atoms with Crippen LogP contribution >= 0.6 is 0 Å². The van der Waals surface area contributed by atoms with Crippen LogP contribution in [0.25, 0.3) is 0 Å².